The molecule has 2 rings (SSSR count). The summed E-state index contributed by atoms with van der Waals surface area (Å²) in [4.78, 5) is 11.3. The van der Waals surface area contributed by atoms with E-state index in [4.69, 9.17) is 16.9 Å². The van der Waals surface area contributed by atoms with Gasteiger partial charge in [0.1, 0.15) is 6.07 Å². The summed E-state index contributed by atoms with van der Waals surface area (Å²) in [6, 6.07) is 3.82. The van der Waals surface area contributed by atoms with Gasteiger partial charge in [-0.25, -0.2) is 9.98 Å². The normalized spacial score (nSPS) is 11.8. The van der Waals surface area contributed by atoms with Crippen LogP contribution < -0.4 is 0 Å². The van der Waals surface area contributed by atoms with Gasteiger partial charge >= 0.3 is 0 Å². The molecule has 0 aliphatic rings. The molecule has 0 unspecified atom stereocenters. The van der Waals surface area contributed by atoms with Crippen LogP contribution in [0.15, 0.2) is 17.4 Å². The van der Waals surface area contributed by atoms with Gasteiger partial charge in [-0.3, -0.25) is 0 Å². The van der Waals surface area contributed by atoms with E-state index in [9.17, 15) is 0 Å². The average molecular weight is 345 g/mol. The van der Waals surface area contributed by atoms with Crippen LogP contribution in [0.3, 0.4) is 0 Å². The van der Waals surface area contributed by atoms with Gasteiger partial charge < -0.3 is 4.98 Å². The van der Waals surface area contributed by atoms with Gasteiger partial charge in [0.25, 0.3) is 0 Å². The Balaban J connectivity index is 2.82. The van der Waals surface area contributed by atoms with Crippen LogP contribution >= 0.6 is 34.2 Å². The third-order valence-electron chi connectivity index (χ3n) is 2.25. The highest BCUT2D eigenvalue weighted by Crippen LogP contribution is 2.29. The first-order chi connectivity index (χ1) is 7.63. The number of nitrogens with zero attached hydrogens (tertiary/aromatic N) is 3. The molecule has 0 radical (unpaired) electrons. The Morgan fingerprint density at radius 1 is 1.69 bits per heavy atom. The zero-order chi connectivity index (χ0) is 11.7. The van der Waals surface area contributed by atoms with Crippen molar-refractivity contribution in [1.29, 1.82) is 5.26 Å². The second kappa shape index (κ2) is 4.39. The van der Waals surface area contributed by atoms with E-state index in [1.54, 1.807) is 12.4 Å². The fraction of sp³-hybridized carbons (Fsp3) is 0.100. The predicted octanol–water partition coefficient (Wildman–Crippen LogP) is 3.40. The number of fused-ring (bicyclic) bond motifs is 1. The van der Waals surface area contributed by atoms with Gasteiger partial charge in [0.05, 0.1) is 28.6 Å². The van der Waals surface area contributed by atoms with Crippen molar-refractivity contribution in [2.24, 2.45) is 4.99 Å². The molecule has 0 amide bonds. The van der Waals surface area contributed by atoms with Crippen molar-refractivity contribution in [3.8, 4) is 6.07 Å². The summed E-state index contributed by atoms with van der Waals surface area (Å²) in [5.41, 5.74) is 3.60. The molecule has 0 atom stereocenters. The predicted molar refractivity (Wildman–Crippen MR) is 72.5 cm³/mol. The summed E-state index contributed by atoms with van der Waals surface area (Å²) in [5, 5.41) is 9.02. The molecule has 0 bridgehead atoms. The van der Waals surface area contributed by atoms with Crippen LogP contribution in [0.1, 0.15) is 11.1 Å². The number of aromatic nitrogens is 2. The Labute approximate surface area is 110 Å². The van der Waals surface area contributed by atoms with E-state index in [0.717, 1.165) is 16.6 Å². The Bertz CT molecular complexity index is 620. The molecule has 6 heteroatoms. The van der Waals surface area contributed by atoms with E-state index >= 15 is 0 Å². The first-order valence-electron chi connectivity index (χ1n) is 4.40. The highest BCUT2D eigenvalue weighted by atomic mass is 127. The fourth-order valence-corrected chi connectivity index (χ4v) is 1.87. The molecule has 80 valence electrons. The molecule has 0 aliphatic carbocycles. The number of aliphatic imine (C=N–C) groups is 1. The second-order valence-corrected chi connectivity index (χ2v) is 5.18. The largest absolute Gasteiger partial charge is 0.343 e. The Kier molecular flexibility index (Phi) is 3.12. The maximum Gasteiger partial charge on any atom is 0.167 e. The van der Waals surface area contributed by atoms with Crippen LogP contribution in [-0.4, -0.2) is 13.1 Å². The van der Waals surface area contributed by atoms with Crippen LogP contribution in [0.5, 0.6) is 0 Å². The van der Waals surface area contributed by atoms with Crippen molar-refractivity contribution >= 4 is 54.1 Å². The number of aromatic amines is 1. The number of nitriles is 1. The van der Waals surface area contributed by atoms with Crippen LogP contribution in [0.25, 0.3) is 11.0 Å². The number of hydrogen-bond donors (Lipinski definition) is 1. The molecule has 0 saturated heterocycles. The van der Waals surface area contributed by atoms with Gasteiger partial charge in [-0.15, -0.1) is 0 Å². The maximum absolute atomic E-state index is 9.02. The number of imidazole rings is 1. The van der Waals surface area contributed by atoms with Crippen molar-refractivity contribution in [2.45, 2.75) is 6.92 Å². The number of rotatable bonds is 1. The molecule has 1 aromatic heterocycles. The lowest BCUT2D eigenvalue weighted by Gasteiger charge is -2.02. The highest BCUT2D eigenvalue weighted by Gasteiger charge is 2.10. The van der Waals surface area contributed by atoms with Crippen LogP contribution in [0, 0.1) is 18.3 Å². The molecule has 0 aliphatic heterocycles. The summed E-state index contributed by atoms with van der Waals surface area (Å²) in [6.07, 6.45) is 1.57. The second-order valence-electron chi connectivity index (χ2n) is 3.16. The van der Waals surface area contributed by atoms with E-state index in [-0.39, 0.29) is 0 Å². The topological polar surface area (TPSA) is 64.8 Å². The Hall–Kier alpha value is -1.13. The summed E-state index contributed by atoms with van der Waals surface area (Å²) < 4.78 is 0.402. The fourth-order valence-electron chi connectivity index (χ4n) is 1.52. The number of hydrogen-bond acceptors (Lipinski definition) is 3. The SMILES string of the molecule is Cc1c(/N=C(\Cl)I)cc(C#N)c2[nH]cnc12. The van der Waals surface area contributed by atoms with Crippen LogP contribution in [-0.2, 0) is 0 Å². The molecular formula is C10H6ClIN4. The third kappa shape index (κ3) is 1.90. The summed E-state index contributed by atoms with van der Waals surface area (Å²) in [7, 11) is 0. The lowest BCUT2D eigenvalue weighted by molar-refractivity contribution is 1.33. The van der Waals surface area contributed by atoms with Gasteiger partial charge in [-0.1, -0.05) is 11.6 Å². The molecule has 16 heavy (non-hydrogen) atoms. The van der Waals surface area contributed by atoms with Crippen molar-refractivity contribution in [2.75, 3.05) is 0 Å². The van der Waals surface area contributed by atoms with E-state index in [1.807, 2.05) is 29.5 Å². The van der Waals surface area contributed by atoms with E-state index in [2.05, 4.69) is 21.0 Å². The molecule has 1 aromatic carbocycles. The molecule has 4 nitrogen and oxygen atoms in total. The first-order valence-corrected chi connectivity index (χ1v) is 5.85. The van der Waals surface area contributed by atoms with E-state index < -0.39 is 0 Å². The van der Waals surface area contributed by atoms with Gasteiger partial charge in [0, 0.05) is 5.56 Å². The van der Waals surface area contributed by atoms with Gasteiger partial charge in [0.15, 0.2) is 3.18 Å². The van der Waals surface area contributed by atoms with Crippen LogP contribution in [0.4, 0.5) is 5.69 Å². The minimum Gasteiger partial charge on any atom is -0.343 e. The smallest absolute Gasteiger partial charge is 0.167 e. The Morgan fingerprint density at radius 3 is 3.06 bits per heavy atom. The molecular weight excluding hydrogens is 338 g/mol. The van der Waals surface area contributed by atoms with E-state index in [1.165, 1.54) is 0 Å². The van der Waals surface area contributed by atoms with Gasteiger partial charge in [-0.05, 0) is 35.6 Å². The molecule has 1 heterocycles. The number of aryl methyl sites for hydroxylation is 1. The maximum atomic E-state index is 9.02. The number of H-pyrrole nitrogens is 1. The molecule has 0 saturated carbocycles. The summed E-state index contributed by atoms with van der Waals surface area (Å²) in [6.45, 7) is 1.90. The van der Waals surface area contributed by atoms with Crippen molar-refractivity contribution < 1.29 is 0 Å². The average Bonchev–Trinajstić information content (AvgIpc) is 2.70. The zero-order valence-electron chi connectivity index (χ0n) is 8.25. The number of halogens is 2. The number of nitrogens with one attached hydrogen (secondary N) is 1. The van der Waals surface area contributed by atoms with Crippen molar-refractivity contribution in [3.05, 3.63) is 23.5 Å². The third-order valence-corrected chi connectivity index (χ3v) is 2.58. The lowest BCUT2D eigenvalue weighted by Crippen LogP contribution is -1.85. The zero-order valence-corrected chi connectivity index (χ0v) is 11.2. The molecule has 1 N–H and O–H groups in total. The summed E-state index contributed by atoms with van der Waals surface area (Å²) in [5.74, 6) is 0. The molecule has 0 spiro atoms. The first kappa shape index (κ1) is 11.4. The quantitative estimate of drug-likeness (QED) is 0.636. The van der Waals surface area contributed by atoms with Gasteiger partial charge in [0.2, 0.25) is 0 Å². The minimum absolute atomic E-state index is 0.402. The minimum atomic E-state index is 0.402. The standard InChI is InChI=1S/C10H6ClIN4/c1-5-7(16-10(11)12)2-6(3-13)9-8(5)14-4-15-9/h2,4H,1H3,(H,14,15)/b16-10+. The molecule has 0 fully saturated rings. The highest BCUT2D eigenvalue weighted by molar-refractivity contribution is 14.1. The van der Waals surface area contributed by atoms with E-state index in [0.29, 0.717) is 14.4 Å². The van der Waals surface area contributed by atoms with Crippen molar-refractivity contribution in [3.63, 3.8) is 0 Å². The number of benzene rings is 1. The summed E-state index contributed by atoms with van der Waals surface area (Å²) >= 11 is 7.64. The van der Waals surface area contributed by atoms with Crippen LogP contribution in [0.2, 0.25) is 0 Å². The Morgan fingerprint density at radius 2 is 2.44 bits per heavy atom. The monoisotopic (exact) mass is 344 g/mol. The molecule has 2 aromatic rings. The lowest BCUT2D eigenvalue weighted by atomic mass is 10.1. The van der Waals surface area contributed by atoms with Gasteiger partial charge in [-0.2, -0.15) is 5.26 Å². The van der Waals surface area contributed by atoms with Crippen molar-refractivity contribution in [1.82, 2.24) is 9.97 Å².